The van der Waals surface area contributed by atoms with E-state index in [-0.39, 0.29) is 18.2 Å². The van der Waals surface area contributed by atoms with Crippen LogP contribution in [-0.4, -0.2) is 32.4 Å². The van der Waals surface area contributed by atoms with E-state index in [1.807, 2.05) is 0 Å². The van der Waals surface area contributed by atoms with Crippen LogP contribution in [0.4, 0.5) is 5.69 Å². The quantitative estimate of drug-likeness (QED) is 0.677. The van der Waals surface area contributed by atoms with E-state index in [1.165, 1.54) is 7.11 Å². The Morgan fingerprint density at radius 3 is 2.70 bits per heavy atom. The maximum Gasteiger partial charge on any atom is 0.338 e. The summed E-state index contributed by atoms with van der Waals surface area (Å²) in [6.45, 7) is 0. The summed E-state index contributed by atoms with van der Waals surface area (Å²) in [7, 11) is 3.21. The molecule has 1 aliphatic carbocycles. The molecular weight excluding hydrogens is 258 g/mol. The van der Waals surface area contributed by atoms with Crippen LogP contribution < -0.4 is 10.5 Å². The number of benzene rings is 1. The number of nitrogen functional groups attached to an aromatic ring is 1. The van der Waals surface area contributed by atoms with Gasteiger partial charge in [-0.2, -0.15) is 0 Å². The zero-order valence-corrected chi connectivity index (χ0v) is 11.9. The van der Waals surface area contributed by atoms with Crippen LogP contribution in [0.15, 0.2) is 18.2 Å². The molecule has 5 nitrogen and oxygen atoms in total. The SMILES string of the molecule is COc1cc(C(=O)OC2CCCC(OC)C2)ccc1N. The van der Waals surface area contributed by atoms with E-state index in [2.05, 4.69) is 0 Å². The summed E-state index contributed by atoms with van der Waals surface area (Å²) >= 11 is 0. The average Bonchev–Trinajstić information content (AvgIpc) is 2.47. The van der Waals surface area contributed by atoms with Crippen LogP contribution in [0, 0.1) is 0 Å². The maximum atomic E-state index is 12.1. The number of rotatable bonds is 4. The number of anilines is 1. The Kier molecular flexibility index (Phi) is 4.84. The van der Waals surface area contributed by atoms with Gasteiger partial charge in [0.2, 0.25) is 0 Å². The van der Waals surface area contributed by atoms with Gasteiger partial charge < -0.3 is 19.9 Å². The Balaban J connectivity index is 2.01. The molecule has 1 aliphatic rings. The fourth-order valence-corrected chi connectivity index (χ4v) is 2.48. The fraction of sp³-hybridized carbons (Fsp3) is 0.533. The standard InChI is InChI=1S/C15H21NO4/c1-18-11-4-3-5-12(9-11)20-15(17)10-6-7-13(16)14(8-10)19-2/h6-8,11-12H,3-5,9,16H2,1-2H3. The first-order valence-electron chi connectivity index (χ1n) is 6.81. The van der Waals surface area contributed by atoms with E-state index in [4.69, 9.17) is 19.9 Å². The third-order valence-corrected chi connectivity index (χ3v) is 3.65. The molecule has 0 spiro atoms. The second-order valence-corrected chi connectivity index (χ2v) is 5.01. The predicted molar refractivity (Wildman–Crippen MR) is 75.9 cm³/mol. The molecule has 0 bridgehead atoms. The third-order valence-electron chi connectivity index (χ3n) is 3.65. The molecule has 1 fully saturated rings. The van der Waals surface area contributed by atoms with Crippen LogP contribution in [0.3, 0.4) is 0 Å². The molecule has 1 aromatic rings. The Hall–Kier alpha value is -1.75. The van der Waals surface area contributed by atoms with Crippen molar-refractivity contribution in [3.05, 3.63) is 23.8 Å². The minimum atomic E-state index is -0.343. The van der Waals surface area contributed by atoms with Gasteiger partial charge >= 0.3 is 5.97 Å². The van der Waals surface area contributed by atoms with E-state index >= 15 is 0 Å². The van der Waals surface area contributed by atoms with Crippen molar-refractivity contribution in [2.24, 2.45) is 0 Å². The molecule has 1 saturated carbocycles. The summed E-state index contributed by atoms with van der Waals surface area (Å²) in [4.78, 5) is 12.1. The molecule has 1 aromatic carbocycles. The Bertz CT molecular complexity index is 475. The van der Waals surface area contributed by atoms with Crippen molar-refractivity contribution >= 4 is 11.7 Å². The summed E-state index contributed by atoms with van der Waals surface area (Å²) in [5.74, 6) is 0.142. The van der Waals surface area contributed by atoms with Gasteiger partial charge in [0.1, 0.15) is 11.9 Å². The minimum Gasteiger partial charge on any atom is -0.495 e. The van der Waals surface area contributed by atoms with Gasteiger partial charge in [-0.15, -0.1) is 0 Å². The van der Waals surface area contributed by atoms with Gasteiger partial charge in [-0.3, -0.25) is 0 Å². The van der Waals surface area contributed by atoms with Gasteiger partial charge in [-0.1, -0.05) is 0 Å². The molecule has 2 rings (SSSR count). The number of hydrogen-bond acceptors (Lipinski definition) is 5. The van der Waals surface area contributed by atoms with Crippen molar-refractivity contribution in [3.63, 3.8) is 0 Å². The molecule has 0 heterocycles. The predicted octanol–water partition coefficient (Wildman–Crippen LogP) is 2.39. The van der Waals surface area contributed by atoms with E-state index in [0.29, 0.717) is 17.0 Å². The summed E-state index contributed by atoms with van der Waals surface area (Å²) in [5.41, 5.74) is 6.68. The van der Waals surface area contributed by atoms with Crippen LogP contribution >= 0.6 is 0 Å². The van der Waals surface area contributed by atoms with E-state index in [9.17, 15) is 4.79 Å². The second kappa shape index (κ2) is 6.61. The van der Waals surface area contributed by atoms with Crippen molar-refractivity contribution in [2.75, 3.05) is 20.0 Å². The summed E-state index contributed by atoms with van der Waals surface area (Å²) in [6, 6.07) is 4.90. The lowest BCUT2D eigenvalue weighted by atomic mass is 9.95. The Labute approximate surface area is 119 Å². The number of nitrogens with two attached hydrogens (primary N) is 1. The van der Waals surface area contributed by atoms with Crippen LogP contribution in [0.2, 0.25) is 0 Å². The first kappa shape index (κ1) is 14.7. The van der Waals surface area contributed by atoms with Crippen molar-refractivity contribution in [1.29, 1.82) is 0 Å². The zero-order chi connectivity index (χ0) is 14.5. The molecule has 2 unspecified atom stereocenters. The van der Waals surface area contributed by atoms with Gasteiger partial charge in [0, 0.05) is 13.5 Å². The normalized spacial score (nSPS) is 22.3. The molecule has 2 N–H and O–H groups in total. The molecular formula is C15H21NO4. The van der Waals surface area contributed by atoms with Crippen LogP contribution in [0.5, 0.6) is 5.75 Å². The fourth-order valence-electron chi connectivity index (χ4n) is 2.48. The Morgan fingerprint density at radius 1 is 1.25 bits per heavy atom. The summed E-state index contributed by atoms with van der Waals surface area (Å²) in [5, 5.41) is 0. The van der Waals surface area contributed by atoms with Crippen molar-refractivity contribution < 1.29 is 19.0 Å². The average molecular weight is 279 g/mol. The smallest absolute Gasteiger partial charge is 0.338 e. The highest BCUT2D eigenvalue weighted by Crippen LogP contribution is 2.26. The molecule has 20 heavy (non-hydrogen) atoms. The van der Waals surface area contributed by atoms with Gasteiger partial charge in [-0.25, -0.2) is 4.79 Å². The molecule has 0 radical (unpaired) electrons. The summed E-state index contributed by atoms with van der Waals surface area (Å²) < 4.78 is 16.0. The number of ether oxygens (including phenoxy) is 3. The number of carbonyl (C=O) groups is 1. The largest absolute Gasteiger partial charge is 0.495 e. The lowest BCUT2D eigenvalue weighted by molar-refractivity contribution is -0.0149. The van der Waals surface area contributed by atoms with Gasteiger partial charge in [0.05, 0.1) is 24.5 Å². The minimum absolute atomic E-state index is 0.0789. The van der Waals surface area contributed by atoms with E-state index < -0.39 is 0 Å². The number of methoxy groups -OCH3 is 2. The molecule has 5 heteroatoms. The van der Waals surface area contributed by atoms with E-state index in [0.717, 1.165) is 25.7 Å². The van der Waals surface area contributed by atoms with Crippen molar-refractivity contribution in [1.82, 2.24) is 0 Å². The first-order chi connectivity index (χ1) is 9.63. The highest BCUT2D eigenvalue weighted by atomic mass is 16.5. The molecule has 110 valence electrons. The van der Waals surface area contributed by atoms with Crippen LogP contribution in [0.1, 0.15) is 36.0 Å². The Morgan fingerprint density at radius 2 is 2.00 bits per heavy atom. The van der Waals surface area contributed by atoms with Crippen LogP contribution in [0.25, 0.3) is 0 Å². The lowest BCUT2D eigenvalue weighted by Gasteiger charge is -2.27. The molecule has 0 aliphatic heterocycles. The molecule has 0 saturated heterocycles. The van der Waals surface area contributed by atoms with Gasteiger partial charge in [0.15, 0.2) is 0 Å². The van der Waals surface area contributed by atoms with Crippen molar-refractivity contribution in [3.8, 4) is 5.75 Å². The topological polar surface area (TPSA) is 70.8 Å². The highest BCUT2D eigenvalue weighted by molar-refractivity contribution is 5.90. The number of hydrogen-bond donors (Lipinski definition) is 1. The highest BCUT2D eigenvalue weighted by Gasteiger charge is 2.25. The lowest BCUT2D eigenvalue weighted by Crippen LogP contribution is -2.29. The third kappa shape index (κ3) is 3.42. The monoisotopic (exact) mass is 279 g/mol. The number of carbonyl (C=O) groups excluding carboxylic acids is 1. The van der Waals surface area contributed by atoms with E-state index in [1.54, 1.807) is 25.3 Å². The van der Waals surface area contributed by atoms with Crippen molar-refractivity contribution in [2.45, 2.75) is 37.9 Å². The number of esters is 1. The van der Waals surface area contributed by atoms with Crippen LogP contribution in [-0.2, 0) is 9.47 Å². The maximum absolute atomic E-state index is 12.1. The second-order valence-electron chi connectivity index (χ2n) is 5.01. The molecule has 2 atom stereocenters. The zero-order valence-electron chi connectivity index (χ0n) is 11.9. The first-order valence-corrected chi connectivity index (χ1v) is 6.81. The summed E-state index contributed by atoms with van der Waals surface area (Å²) in [6.07, 6.45) is 3.79. The van der Waals surface area contributed by atoms with Gasteiger partial charge in [-0.05, 0) is 37.5 Å². The molecule has 0 aromatic heterocycles. The van der Waals surface area contributed by atoms with Gasteiger partial charge in [0.25, 0.3) is 0 Å². The molecule has 0 amide bonds.